The summed E-state index contributed by atoms with van der Waals surface area (Å²) in [7, 11) is 1.91. The van der Waals surface area contributed by atoms with Crippen molar-refractivity contribution in [3.05, 3.63) is 17.5 Å². The molecule has 1 aromatic rings. The second-order valence-corrected chi connectivity index (χ2v) is 3.05. The average molecular weight is 181 g/mol. The molecule has 0 atom stereocenters. The molecule has 0 unspecified atom stereocenters. The van der Waals surface area contributed by atoms with E-state index in [1.165, 1.54) is 0 Å². The first kappa shape index (κ1) is 9.84. The van der Waals surface area contributed by atoms with Crippen molar-refractivity contribution in [3.8, 4) is 5.75 Å². The molecule has 13 heavy (non-hydrogen) atoms. The van der Waals surface area contributed by atoms with Crippen molar-refractivity contribution < 1.29 is 9.53 Å². The van der Waals surface area contributed by atoms with E-state index in [-0.39, 0.29) is 5.78 Å². The standard InChI is InChI=1S/C10H15NO2/c1-5-13-9-6-11(4)7(2)10(9)8(3)12/h6H,5H2,1-4H3. The maximum Gasteiger partial charge on any atom is 0.165 e. The van der Waals surface area contributed by atoms with Crippen LogP contribution in [0.15, 0.2) is 6.20 Å². The van der Waals surface area contributed by atoms with E-state index in [0.29, 0.717) is 17.9 Å². The highest BCUT2D eigenvalue weighted by atomic mass is 16.5. The van der Waals surface area contributed by atoms with E-state index in [1.54, 1.807) is 6.92 Å². The lowest BCUT2D eigenvalue weighted by atomic mass is 10.2. The molecule has 0 aliphatic carbocycles. The van der Waals surface area contributed by atoms with Crippen molar-refractivity contribution in [2.75, 3.05) is 6.61 Å². The third kappa shape index (κ3) is 1.74. The monoisotopic (exact) mass is 181 g/mol. The number of aryl methyl sites for hydroxylation is 1. The van der Waals surface area contributed by atoms with Gasteiger partial charge in [-0.3, -0.25) is 4.79 Å². The van der Waals surface area contributed by atoms with Gasteiger partial charge in [-0.2, -0.15) is 0 Å². The lowest BCUT2D eigenvalue weighted by Crippen LogP contribution is -1.99. The minimum absolute atomic E-state index is 0.0570. The van der Waals surface area contributed by atoms with Gasteiger partial charge < -0.3 is 9.30 Å². The molecule has 0 N–H and O–H groups in total. The Hall–Kier alpha value is -1.25. The number of rotatable bonds is 3. The summed E-state index contributed by atoms with van der Waals surface area (Å²) in [6, 6.07) is 0. The van der Waals surface area contributed by atoms with Gasteiger partial charge >= 0.3 is 0 Å². The molecule has 0 spiro atoms. The fourth-order valence-corrected chi connectivity index (χ4v) is 1.39. The molecule has 0 aliphatic heterocycles. The van der Waals surface area contributed by atoms with Crippen LogP contribution in [-0.4, -0.2) is 17.0 Å². The zero-order valence-electron chi connectivity index (χ0n) is 8.55. The molecule has 72 valence electrons. The molecule has 0 saturated heterocycles. The number of ketones is 1. The lowest BCUT2D eigenvalue weighted by molar-refractivity contribution is 0.101. The van der Waals surface area contributed by atoms with Crippen LogP contribution >= 0.6 is 0 Å². The highest BCUT2D eigenvalue weighted by Gasteiger charge is 2.15. The molecule has 0 radical (unpaired) electrons. The second-order valence-electron chi connectivity index (χ2n) is 3.05. The molecule has 0 aliphatic rings. The normalized spacial score (nSPS) is 10.2. The van der Waals surface area contributed by atoms with E-state index in [1.807, 2.05) is 31.7 Å². The zero-order valence-corrected chi connectivity index (χ0v) is 8.55. The molecule has 0 aromatic carbocycles. The quantitative estimate of drug-likeness (QED) is 0.667. The van der Waals surface area contributed by atoms with Gasteiger partial charge in [0.25, 0.3) is 0 Å². The molecule has 0 saturated carbocycles. The summed E-state index contributed by atoms with van der Waals surface area (Å²) in [6.07, 6.45) is 1.84. The molecule has 1 heterocycles. The molecule has 3 heteroatoms. The van der Waals surface area contributed by atoms with Crippen LogP contribution in [0.25, 0.3) is 0 Å². The van der Waals surface area contributed by atoms with Gasteiger partial charge in [-0.25, -0.2) is 0 Å². The topological polar surface area (TPSA) is 31.2 Å². The third-order valence-electron chi connectivity index (χ3n) is 2.10. The summed E-state index contributed by atoms with van der Waals surface area (Å²) >= 11 is 0. The first-order chi connectivity index (χ1) is 6.07. The van der Waals surface area contributed by atoms with E-state index in [0.717, 1.165) is 5.69 Å². The number of nitrogens with zero attached hydrogens (tertiary/aromatic N) is 1. The Morgan fingerprint density at radius 1 is 1.62 bits per heavy atom. The van der Waals surface area contributed by atoms with Gasteiger partial charge in [0.2, 0.25) is 0 Å². The molecule has 0 fully saturated rings. The van der Waals surface area contributed by atoms with E-state index in [2.05, 4.69) is 0 Å². The van der Waals surface area contributed by atoms with Crippen molar-refractivity contribution in [1.82, 2.24) is 4.57 Å². The maximum absolute atomic E-state index is 11.3. The summed E-state index contributed by atoms with van der Waals surface area (Å²) < 4.78 is 7.26. The fourth-order valence-electron chi connectivity index (χ4n) is 1.39. The van der Waals surface area contributed by atoms with Crippen LogP contribution in [0.5, 0.6) is 5.75 Å². The molecule has 0 amide bonds. The minimum atomic E-state index is 0.0570. The van der Waals surface area contributed by atoms with Gasteiger partial charge in [0.15, 0.2) is 5.78 Å². The Morgan fingerprint density at radius 3 is 2.69 bits per heavy atom. The van der Waals surface area contributed by atoms with Crippen molar-refractivity contribution in [2.45, 2.75) is 20.8 Å². The van der Waals surface area contributed by atoms with Gasteiger partial charge in [0.05, 0.1) is 12.2 Å². The van der Waals surface area contributed by atoms with Crippen molar-refractivity contribution in [3.63, 3.8) is 0 Å². The number of ether oxygens (including phenoxy) is 1. The minimum Gasteiger partial charge on any atom is -0.492 e. The summed E-state index contributed by atoms with van der Waals surface area (Å²) in [4.78, 5) is 11.3. The van der Waals surface area contributed by atoms with E-state index in [4.69, 9.17) is 4.74 Å². The molecule has 0 bridgehead atoms. The summed E-state index contributed by atoms with van der Waals surface area (Å²) in [5, 5.41) is 0. The Labute approximate surface area is 78.3 Å². The van der Waals surface area contributed by atoms with Crippen LogP contribution in [0, 0.1) is 6.92 Å². The molecule has 3 nitrogen and oxygen atoms in total. The van der Waals surface area contributed by atoms with Crippen LogP contribution in [0.3, 0.4) is 0 Å². The summed E-state index contributed by atoms with van der Waals surface area (Å²) in [6.45, 7) is 5.97. The van der Waals surface area contributed by atoms with Gasteiger partial charge in [-0.1, -0.05) is 0 Å². The lowest BCUT2D eigenvalue weighted by Gasteiger charge is -2.01. The first-order valence-corrected chi connectivity index (χ1v) is 4.37. The van der Waals surface area contributed by atoms with Gasteiger partial charge in [-0.15, -0.1) is 0 Å². The van der Waals surface area contributed by atoms with E-state index in [9.17, 15) is 4.79 Å². The van der Waals surface area contributed by atoms with Crippen LogP contribution < -0.4 is 4.74 Å². The van der Waals surface area contributed by atoms with Crippen LogP contribution in [0.4, 0.5) is 0 Å². The molecular weight excluding hydrogens is 166 g/mol. The predicted molar refractivity (Wildman–Crippen MR) is 51.3 cm³/mol. The smallest absolute Gasteiger partial charge is 0.165 e. The van der Waals surface area contributed by atoms with Gasteiger partial charge in [-0.05, 0) is 20.8 Å². The Kier molecular flexibility index (Phi) is 2.76. The number of aromatic nitrogens is 1. The molecule has 1 aromatic heterocycles. The van der Waals surface area contributed by atoms with Gasteiger partial charge in [0.1, 0.15) is 5.75 Å². The van der Waals surface area contributed by atoms with E-state index < -0.39 is 0 Å². The Balaban J connectivity index is 3.18. The average Bonchev–Trinajstić information content (AvgIpc) is 2.28. The zero-order chi connectivity index (χ0) is 10.0. The van der Waals surface area contributed by atoms with Crippen molar-refractivity contribution >= 4 is 5.78 Å². The van der Waals surface area contributed by atoms with E-state index >= 15 is 0 Å². The summed E-state index contributed by atoms with van der Waals surface area (Å²) in [5.41, 5.74) is 1.65. The largest absolute Gasteiger partial charge is 0.492 e. The van der Waals surface area contributed by atoms with Crippen LogP contribution in [0.2, 0.25) is 0 Å². The summed E-state index contributed by atoms with van der Waals surface area (Å²) in [5.74, 6) is 0.747. The number of carbonyl (C=O) groups is 1. The molecule has 1 rings (SSSR count). The van der Waals surface area contributed by atoms with Crippen molar-refractivity contribution in [1.29, 1.82) is 0 Å². The third-order valence-corrected chi connectivity index (χ3v) is 2.10. The van der Waals surface area contributed by atoms with Crippen LogP contribution in [0.1, 0.15) is 29.9 Å². The highest BCUT2D eigenvalue weighted by Crippen LogP contribution is 2.24. The molecular formula is C10H15NO2. The van der Waals surface area contributed by atoms with Crippen molar-refractivity contribution in [2.24, 2.45) is 7.05 Å². The SMILES string of the molecule is CCOc1cn(C)c(C)c1C(C)=O. The maximum atomic E-state index is 11.3. The number of hydrogen-bond acceptors (Lipinski definition) is 2. The van der Waals surface area contributed by atoms with Crippen LogP contribution in [-0.2, 0) is 7.05 Å². The number of Topliss-reactive ketones (excluding diaryl/α,β-unsaturated/α-hetero) is 1. The number of carbonyl (C=O) groups excluding carboxylic acids is 1. The second kappa shape index (κ2) is 3.64. The predicted octanol–water partition coefficient (Wildman–Crippen LogP) is 1.93. The number of hydrogen-bond donors (Lipinski definition) is 0. The highest BCUT2D eigenvalue weighted by molar-refractivity contribution is 5.98. The fraction of sp³-hybridized carbons (Fsp3) is 0.500. The van der Waals surface area contributed by atoms with Gasteiger partial charge in [0, 0.05) is 18.9 Å². The Morgan fingerprint density at radius 2 is 2.23 bits per heavy atom. The first-order valence-electron chi connectivity index (χ1n) is 4.37. The Bertz CT molecular complexity index is 326.